The normalized spacial score (nSPS) is 17.1. The first-order valence-electron chi connectivity index (χ1n) is 9.55. The molecule has 0 aliphatic carbocycles. The van der Waals surface area contributed by atoms with Crippen LogP contribution in [0.4, 0.5) is 0 Å². The van der Waals surface area contributed by atoms with Gasteiger partial charge in [0.25, 0.3) is 0 Å². The lowest BCUT2D eigenvalue weighted by molar-refractivity contribution is 0.0372. The zero-order valence-corrected chi connectivity index (χ0v) is 16.5. The predicted molar refractivity (Wildman–Crippen MR) is 103 cm³/mol. The highest BCUT2D eigenvalue weighted by Gasteiger charge is 2.12. The van der Waals surface area contributed by atoms with Crippen molar-refractivity contribution in [3.05, 3.63) is 0 Å². The second-order valence-electron chi connectivity index (χ2n) is 7.01. The van der Waals surface area contributed by atoms with E-state index >= 15 is 0 Å². The Morgan fingerprint density at radius 1 is 1.04 bits per heavy atom. The molecule has 24 heavy (non-hydrogen) atoms. The lowest BCUT2D eigenvalue weighted by atomic mass is 10.2. The Labute approximate surface area is 149 Å². The van der Waals surface area contributed by atoms with Crippen molar-refractivity contribution in [3.8, 4) is 0 Å². The van der Waals surface area contributed by atoms with Crippen LogP contribution in [-0.4, -0.2) is 87.4 Å². The van der Waals surface area contributed by atoms with Crippen molar-refractivity contribution >= 4 is 5.96 Å². The van der Waals surface area contributed by atoms with Gasteiger partial charge in [0, 0.05) is 51.9 Å². The van der Waals surface area contributed by atoms with E-state index in [-0.39, 0.29) is 0 Å². The average molecular weight is 342 g/mol. The highest BCUT2D eigenvalue weighted by Crippen LogP contribution is 2.03. The van der Waals surface area contributed by atoms with Crippen molar-refractivity contribution in [1.29, 1.82) is 0 Å². The van der Waals surface area contributed by atoms with E-state index in [0.29, 0.717) is 12.1 Å². The van der Waals surface area contributed by atoms with E-state index in [9.17, 15) is 0 Å². The molecule has 0 aromatic rings. The number of hydrogen-bond donors (Lipinski definition) is 2. The first-order chi connectivity index (χ1) is 11.5. The Bertz CT molecular complexity index is 332. The Balaban J connectivity index is 2.09. The number of unbranched alkanes of at least 4 members (excludes halogenated alkanes) is 1. The number of aliphatic imine (C=N–C) groups is 1. The monoisotopic (exact) mass is 341 g/mol. The van der Waals surface area contributed by atoms with Crippen molar-refractivity contribution in [2.45, 2.75) is 52.6 Å². The van der Waals surface area contributed by atoms with Gasteiger partial charge in [-0.25, -0.2) is 0 Å². The fourth-order valence-corrected chi connectivity index (χ4v) is 3.13. The SMILES string of the molecule is CN=C(NCCCCN1CCOCC1)NCCN(C(C)C)C(C)C. The van der Waals surface area contributed by atoms with Gasteiger partial charge in [-0.3, -0.25) is 14.8 Å². The van der Waals surface area contributed by atoms with Crippen molar-refractivity contribution in [1.82, 2.24) is 20.4 Å². The molecule has 0 atom stereocenters. The topological polar surface area (TPSA) is 52.1 Å². The molecule has 0 aromatic heterocycles. The van der Waals surface area contributed by atoms with Crippen LogP contribution >= 0.6 is 0 Å². The van der Waals surface area contributed by atoms with E-state index in [1.165, 1.54) is 19.4 Å². The van der Waals surface area contributed by atoms with Gasteiger partial charge in [0.05, 0.1) is 13.2 Å². The summed E-state index contributed by atoms with van der Waals surface area (Å²) in [5, 5.41) is 6.84. The smallest absolute Gasteiger partial charge is 0.191 e. The van der Waals surface area contributed by atoms with E-state index in [2.05, 4.69) is 53.1 Å². The molecule has 1 heterocycles. The van der Waals surface area contributed by atoms with Gasteiger partial charge >= 0.3 is 0 Å². The first kappa shape index (κ1) is 21.2. The molecule has 0 bridgehead atoms. The quantitative estimate of drug-likeness (QED) is 0.357. The van der Waals surface area contributed by atoms with Crippen molar-refractivity contribution in [2.24, 2.45) is 4.99 Å². The molecule has 6 nitrogen and oxygen atoms in total. The zero-order valence-electron chi connectivity index (χ0n) is 16.5. The minimum absolute atomic E-state index is 0.571. The summed E-state index contributed by atoms with van der Waals surface area (Å²) in [4.78, 5) is 9.29. The van der Waals surface area contributed by atoms with Gasteiger partial charge in [-0.05, 0) is 47.1 Å². The fraction of sp³-hybridized carbons (Fsp3) is 0.944. The van der Waals surface area contributed by atoms with E-state index < -0.39 is 0 Å². The lowest BCUT2D eigenvalue weighted by Crippen LogP contribution is -2.45. The van der Waals surface area contributed by atoms with Crippen LogP contribution < -0.4 is 10.6 Å². The van der Waals surface area contributed by atoms with Gasteiger partial charge < -0.3 is 15.4 Å². The van der Waals surface area contributed by atoms with E-state index in [4.69, 9.17) is 4.74 Å². The van der Waals surface area contributed by atoms with Gasteiger partial charge in [0.1, 0.15) is 0 Å². The maximum Gasteiger partial charge on any atom is 0.191 e. The second kappa shape index (κ2) is 12.5. The van der Waals surface area contributed by atoms with Crippen molar-refractivity contribution in [3.63, 3.8) is 0 Å². The molecule has 2 N–H and O–H groups in total. The standard InChI is InChI=1S/C18H39N5O/c1-16(2)23(17(3)4)11-9-21-18(19-5)20-8-6-7-10-22-12-14-24-15-13-22/h16-17H,6-15H2,1-5H3,(H2,19,20,21). The van der Waals surface area contributed by atoms with Crippen LogP contribution in [0.2, 0.25) is 0 Å². The van der Waals surface area contributed by atoms with Crippen molar-refractivity contribution < 1.29 is 4.74 Å². The maximum atomic E-state index is 5.38. The summed E-state index contributed by atoms with van der Waals surface area (Å²) >= 11 is 0. The first-order valence-corrected chi connectivity index (χ1v) is 9.55. The van der Waals surface area contributed by atoms with Crippen LogP contribution in [0.15, 0.2) is 4.99 Å². The Hall–Kier alpha value is -0.850. The summed E-state index contributed by atoms with van der Waals surface area (Å²) in [6.45, 7) is 17.1. The third-order valence-corrected chi connectivity index (χ3v) is 4.51. The molecule has 1 aliphatic heterocycles. The Morgan fingerprint density at radius 3 is 2.25 bits per heavy atom. The van der Waals surface area contributed by atoms with Crippen LogP contribution in [0.1, 0.15) is 40.5 Å². The summed E-state index contributed by atoms with van der Waals surface area (Å²) in [7, 11) is 1.84. The van der Waals surface area contributed by atoms with Gasteiger partial charge in [-0.1, -0.05) is 0 Å². The van der Waals surface area contributed by atoms with Gasteiger partial charge in [-0.2, -0.15) is 0 Å². The molecule has 0 spiro atoms. The number of hydrogen-bond acceptors (Lipinski definition) is 4. The number of rotatable bonds is 10. The summed E-state index contributed by atoms with van der Waals surface area (Å²) in [5.74, 6) is 0.911. The predicted octanol–water partition coefficient (Wildman–Crippen LogP) is 1.38. The molecular weight excluding hydrogens is 302 g/mol. The minimum Gasteiger partial charge on any atom is -0.379 e. The highest BCUT2D eigenvalue weighted by atomic mass is 16.5. The molecule has 0 unspecified atom stereocenters. The van der Waals surface area contributed by atoms with Crippen LogP contribution in [-0.2, 0) is 4.74 Å². The molecule has 6 heteroatoms. The molecule has 1 aliphatic rings. The van der Waals surface area contributed by atoms with Crippen molar-refractivity contribution in [2.75, 3.05) is 59.5 Å². The third kappa shape index (κ3) is 8.85. The number of guanidine groups is 1. The molecule has 0 saturated carbocycles. The van der Waals surface area contributed by atoms with Gasteiger partial charge in [0.2, 0.25) is 0 Å². The Morgan fingerprint density at radius 2 is 1.67 bits per heavy atom. The van der Waals surface area contributed by atoms with Crippen LogP contribution in [0, 0.1) is 0 Å². The molecular formula is C18H39N5O. The number of nitrogens with one attached hydrogen (secondary N) is 2. The summed E-state index contributed by atoms with van der Waals surface area (Å²) < 4.78 is 5.38. The molecule has 0 aromatic carbocycles. The molecule has 142 valence electrons. The third-order valence-electron chi connectivity index (χ3n) is 4.51. The van der Waals surface area contributed by atoms with E-state index in [1.54, 1.807) is 0 Å². The maximum absolute atomic E-state index is 5.38. The van der Waals surface area contributed by atoms with Crippen LogP contribution in [0.5, 0.6) is 0 Å². The van der Waals surface area contributed by atoms with E-state index in [1.807, 2.05) is 7.05 Å². The number of nitrogens with zero attached hydrogens (tertiary/aromatic N) is 3. The molecule has 1 rings (SSSR count). The molecule has 0 radical (unpaired) electrons. The second-order valence-corrected chi connectivity index (χ2v) is 7.01. The Kier molecular flexibility index (Phi) is 11.0. The van der Waals surface area contributed by atoms with E-state index in [0.717, 1.165) is 51.9 Å². The highest BCUT2D eigenvalue weighted by molar-refractivity contribution is 5.79. The molecule has 0 amide bonds. The number of ether oxygens (including phenoxy) is 1. The summed E-state index contributed by atoms with van der Waals surface area (Å²) in [6, 6.07) is 1.14. The largest absolute Gasteiger partial charge is 0.379 e. The van der Waals surface area contributed by atoms with Crippen LogP contribution in [0.3, 0.4) is 0 Å². The molecule has 1 fully saturated rings. The van der Waals surface area contributed by atoms with Crippen LogP contribution in [0.25, 0.3) is 0 Å². The minimum atomic E-state index is 0.571. The van der Waals surface area contributed by atoms with Gasteiger partial charge in [-0.15, -0.1) is 0 Å². The zero-order chi connectivity index (χ0) is 17.8. The fourth-order valence-electron chi connectivity index (χ4n) is 3.13. The lowest BCUT2D eigenvalue weighted by Gasteiger charge is -2.30. The number of morpholine rings is 1. The molecule has 1 saturated heterocycles. The summed E-state index contributed by atoms with van der Waals surface area (Å²) in [5.41, 5.74) is 0. The summed E-state index contributed by atoms with van der Waals surface area (Å²) in [6.07, 6.45) is 2.39. The van der Waals surface area contributed by atoms with Gasteiger partial charge in [0.15, 0.2) is 5.96 Å². The average Bonchev–Trinajstić information content (AvgIpc) is 2.56.